The summed E-state index contributed by atoms with van der Waals surface area (Å²) in [6.45, 7) is 3.45. The second kappa shape index (κ2) is 5.06. The Bertz CT molecular complexity index is 662. The van der Waals surface area contributed by atoms with E-state index in [-0.39, 0.29) is 17.3 Å². The number of nitrogens with zero attached hydrogens (tertiary/aromatic N) is 2. The van der Waals surface area contributed by atoms with Gasteiger partial charge < -0.3 is 0 Å². The summed E-state index contributed by atoms with van der Waals surface area (Å²) in [5.41, 5.74) is 1.03. The molecule has 0 aliphatic heterocycles. The molecule has 0 bridgehead atoms. The summed E-state index contributed by atoms with van der Waals surface area (Å²) in [5, 5.41) is 10.9. The molecule has 2 aromatic rings. The van der Waals surface area contributed by atoms with E-state index in [1.807, 2.05) is 37.3 Å². The maximum Gasteiger partial charge on any atom is 0.288 e. The molecule has 0 N–H and O–H groups in total. The Labute approximate surface area is 110 Å². The summed E-state index contributed by atoms with van der Waals surface area (Å²) in [5.74, 6) is 0. The fourth-order valence-electron chi connectivity index (χ4n) is 2.19. The highest BCUT2D eigenvalue weighted by molar-refractivity contribution is 5.35. The summed E-state index contributed by atoms with van der Waals surface area (Å²) in [7, 11) is 0. The average Bonchev–Trinajstić information content (AvgIpc) is 2.39. The van der Waals surface area contributed by atoms with Crippen LogP contribution in [-0.4, -0.2) is 9.49 Å². The molecule has 5 heteroatoms. The Morgan fingerprint density at radius 2 is 1.79 bits per heavy atom. The van der Waals surface area contributed by atoms with E-state index in [9.17, 15) is 14.9 Å². The third-order valence-electron chi connectivity index (χ3n) is 3.22. The van der Waals surface area contributed by atoms with Crippen molar-refractivity contribution < 1.29 is 4.92 Å². The van der Waals surface area contributed by atoms with Crippen molar-refractivity contribution in [2.45, 2.75) is 19.9 Å². The fourth-order valence-corrected chi connectivity index (χ4v) is 2.19. The van der Waals surface area contributed by atoms with E-state index in [1.165, 1.54) is 16.7 Å². The van der Waals surface area contributed by atoms with Crippen LogP contribution in [0.15, 0.2) is 47.3 Å². The highest BCUT2D eigenvalue weighted by Crippen LogP contribution is 2.22. The van der Waals surface area contributed by atoms with Gasteiger partial charge in [-0.05, 0) is 19.4 Å². The maximum atomic E-state index is 12.0. The lowest BCUT2D eigenvalue weighted by Crippen LogP contribution is -2.26. The van der Waals surface area contributed by atoms with Gasteiger partial charge in [0.15, 0.2) is 0 Å². The summed E-state index contributed by atoms with van der Waals surface area (Å²) >= 11 is 0. The Balaban J connectivity index is 2.59. The zero-order chi connectivity index (χ0) is 14.0. The largest absolute Gasteiger partial charge is 0.299 e. The van der Waals surface area contributed by atoms with Crippen molar-refractivity contribution in [1.82, 2.24) is 4.57 Å². The van der Waals surface area contributed by atoms with Gasteiger partial charge in [0, 0.05) is 12.1 Å². The molecule has 0 saturated carbocycles. The van der Waals surface area contributed by atoms with Crippen molar-refractivity contribution in [1.29, 1.82) is 0 Å². The lowest BCUT2D eigenvalue weighted by Gasteiger charge is -2.18. The molecule has 2 rings (SSSR count). The number of nitro groups is 1. The molecule has 19 heavy (non-hydrogen) atoms. The Hall–Kier alpha value is -2.43. The molecular formula is C14H14N2O3. The second-order valence-corrected chi connectivity index (χ2v) is 4.36. The molecule has 98 valence electrons. The van der Waals surface area contributed by atoms with Gasteiger partial charge in [-0.3, -0.25) is 19.5 Å². The predicted octanol–water partition coefficient (Wildman–Crippen LogP) is 2.67. The molecule has 0 aliphatic carbocycles. The summed E-state index contributed by atoms with van der Waals surface area (Å²) in [6, 6.07) is 11.7. The summed E-state index contributed by atoms with van der Waals surface area (Å²) < 4.78 is 1.45. The maximum absolute atomic E-state index is 12.0. The van der Waals surface area contributed by atoms with Crippen LogP contribution in [0.2, 0.25) is 0 Å². The van der Waals surface area contributed by atoms with Gasteiger partial charge in [0.25, 0.3) is 11.2 Å². The molecule has 0 aliphatic rings. The van der Waals surface area contributed by atoms with Gasteiger partial charge in [-0.1, -0.05) is 30.3 Å². The van der Waals surface area contributed by atoms with Crippen LogP contribution in [0.4, 0.5) is 5.69 Å². The minimum absolute atomic E-state index is 0.0395. The first-order valence-corrected chi connectivity index (χ1v) is 5.94. The lowest BCUT2D eigenvalue weighted by atomic mass is 10.1. The molecular weight excluding hydrogens is 244 g/mol. The van der Waals surface area contributed by atoms with Crippen LogP contribution in [0, 0.1) is 17.0 Å². The number of hydrogen-bond donors (Lipinski definition) is 0. The minimum atomic E-state index is -0.469. The molecule has 1 unspecified atom stereocenters. The number of hydrogen-bond acceptors (Lipinski definition) is 3. The van der Waals surface area contributed by atoms with Gasteiger partial charge in [-0.25, -0.2) is 0 Å². The first kappa shape index (κ1) is 13.0. The number of rotatable bonds is 3. The van der Waals surface area contributed by atoms with Gasteiger partial charge >= 0.3 is 0 Å². The van der Waals surface area contributed by atoms with Gasteiger partial charge in [0.2, 0.25) is 0 Å². The zero-order valence-electron chi connectivity index (χ0n) is 10.7. The average molecular weight is 258 g/mol. The van der Waals surface area contributed by atoms with Crippen molar-refractivity contribution >= 4 is 5.69 Å². The quantitative estimate of drug-likeness (QED) is 0.628. The molecule has 1 atom stereocenters. The highest BCUT2D eigenvalue weighted by Gasteiger charge is 2.19. The van der Waals surface area contributed by atoms with Gasteiger partial charge in [0.1, 0.15) is 0 Å². The van der Waals surface area contributed by atoms with Crippen LogP contribution < -0.4 is 5.56 Å². The first-order chi connectivity index (χ1) is 9.02. The molecule has 1 heterocycles. The van der Waals surface area contributed by atoms with E-state index >= 15 is 0 Å². The van der Waals surface area contributed by atoms with Crippen molar-refractivity contribution in [3.05, 3.63) is 74.2 Å². The van der Waals surface area contributed by atoms with Crippen molar-refractivity contribution in [3.63, 3.8) is 0 Å². The Morgan fingerprint density at radius 3 is 2.37 bits per heavy atom. The van der Waals surface area contributed by atoms with Gasteiger partial charge in [-0.2, -0.15) is 0 Å². The third-order valence-corrected chi connectivity index (χ3v) is 3.22. The minimum Gasteiger partial charge on any atom is -0.299 e. The van der Waals surface area contributed by atoms with Crippen LogP contribution in [0.5, 0.6) is 0 Å². The van der Waals surface area contributed by atoms with E-state index < -0.39 is 4.92 Å². The molecule has 5 nitrogen and oxygen atoms in total. The molecule has 1 aromatic heterocycles. The fraction of sp³-hybridized carbons (Fsp3) is 0.214. The normalized spacial score (nSPS) is 12.1. The highest BCUT2D eigenvalue weighted by atomic mass is 16.6. The van der Waals surface area contributed by atoms with E-state index in [0.717, 1.165) is 5.56 Å². The molecule has 0 amide bonds. The van der Waals surface area contributed by atoms with E-state index in [4.69, 9.17) is 0 Å². The van der Waals surface area contributed by atoms with Crippen LogP contribution in [0.3, 0.4) is 0 Å². The second-order valence-electron chi connectivity index (χ2n) is 4.36. The molecule has 1 aromatic carbocycles. The van der Waals surface area contributed by atoms with Gasteiger partial charge in [-0.15, -0.1) is 0 Å². The lowest BCUT2D eigenvalue weighted by molar-refractivity contribution is -0.386. The number of benzene rings is 1. The van der Waals surface area contributed by atoms with Gasteiger partial charge in [0.05, 0.1) is 16.7 Å². The van der Waals surface area contributed by atoms with Crippen LogP contribution >= 0.6 is 0 Å². The monoisotopic (exact) mass is 258 g/mol. The van der Waals surface area contributed by atoms with E-state index in [1.54, 1.807) is 6.92 Å². The number of pyridine rings is 1. The first-order valence-electron chi connectivity index (χ1n) is 5.94. The smallest absolute Gasteiger partial charge is 0.288 e. The van der Waals surface area contributed by atoms with Crippen molar-refractivity contribution in [2.75, 3.05) is 0 Å². The standard InChI is InChI=1S/C14H14N2O3/c1-10(12-6-4-3-5-7-12)15-11(2)13(16(18)19)8-9-14(15)17/h3-10H,1-2H3. The van der Waals surface area contributed by atoms with Crippen LogP contribution in [0.25, 0.3) is 0 Å². The molecule has 0 spiro atoms. The van der Waals surface area contributed by atoms with Crippen LogP contribution in [-0.2, 0) is 0 Å². The van der Waals surface area contributed by atoms with Crippen molar-refractivity contribution in [3.8, 4) is 0 Å². The summed E-state index contributed by atoms with van der Waals surface area (Å²) in [4.78, 5) is 22.4. The predicted molar refractivity (Wildman–Crippen MR) is 72.3 cm³/mol. The van der Waals surface area contributed by atoms with E-state index in [0.29, 0.717) is 5.69 Å². The molecule has 0 fully saturated rings. The van der Waals surface area contributed by atoms with Crippen molar-refractivity contribution in [2.24, 2.45) is 0 Å². The Kier molecular flexibility index (Phi) is 3.46. The molecule has 0 radical (unpaired) electrons. The summed E-state index contributed by atoms with van der Waals surface area (Å²) in [6.07, 6.45) is 0. The SMILES string of the molecule is Cc1c([N+](=O)[O-])ccc(=O)n1C(C)c1ccccc1. The zero-order valence-corrected chi connectivity index (χ0v) is 10.7. The number of aromatic nitrogens is 1. The third kappa shape index (κ3) is 2.40. The Morgan fingerprint density at radius 1 is 1.16 bits per heavy atom. The topological polar surface area (TPSA) is 65.1 Å². The van der Waals surface area contributed by atoms with E-state index in [2.05, 4.69) is 0 Å². The van der Waals surface area contributed by atoms with Crippen LogP contribution in [0.1, 0.15) is 24.2 Å². The molecule has 0 saturated heterocycles.